The maximum absolute atomic E-state index is 10.2. The second-order valence-electron chi connectivity index (χ2n) is 3.48. The zero-order valence-electron chi connectivity index (χ0n) is 8.06. The number of hydrogen-bond acceptors (Lipinski definition) is 4. The molecule has 1 heterocycles. The van der Waals surface area contributed by atoms with E-state index in [4.69, 9.17) is 9.94 Å². The van der Waals surface area contributed by atoms with Crippen LogP contribution in [0, 0.1) is 5.92 Å². The van der Waals surface area contributed by atoms with E-state index in [0.717, 1.165) is 19.5 Å². The number of aliphatic hydroxyl groups is 1. The average Bonchev–Trinajstić information content (AvgIpc) is 2.56. The van der Waals surface area contributed by atoms with E-state index in [9.17, 15) is 9.90 Å². The molecule has 0 spiro atoms. The Bertz CT molecular complexity index is 192. The van der Waals surface area contributed by atoms with Gasteiger partial charge >= 0.3 is 6.09 Å². The summed E-state index contributed by atoms with van der Waals surface area (Å²) >= 11 is 0. The Balaban J connectivity index is 2.41. The molecule has 0 aliphatic carbocycles. The summed E-state index contributed by atoms with van der Waals surface area (Å²) in [6, 6.07) is 0. The third-order valence-corrected chi connectivity index (χ3v) is 2.32. The molecule has 0 aromatic carbocycles. The Kier molecular flexibility index (Phi) is 4.12. The highest BCUT2D eigenvalue weighted by Crippen LogP contribution is 2.17. The normalized spacial score (nSPS) is 25.7. The number of aliphatic hydroxyl groups excluding tert-OH is 1. The number of hydrogen-bond donors (Lipinski definition) is 4. The Morgan fingerprint density at radius 2 is 2.43 bits per heavy atom. The molecule has 0 bridgehead atoms. The van der Waals surface area contributed by atoms with E-state index < -0.39 is 18.3 Å². The predicted octanol–water partition coefficient (Wildman–Crippen LogP) is -0.455. The van der Waals surface area contributed by atoms with Crippen LogP contribution in [0.5, 0.6) is 0 Å². The van der Waals surface area contributed by atoms with Crippen molar-refractivity contribution in [1.29, 1.82) is 0 Å². The molecule has 1 amide bonds. The molecule has 6 nitrogen and oxygen atoms in total. The van der Waals surface area contributed by atoms with E-state index in [1.165, 1.54) is 0 Å². The maximum Gasteiger partial charge on any atom is 0.428 e. The molecule has 3 atom stereocenters. The largest absolute Gasteiger partial charge is 0.464 e. The van der Waals surface area contributed by atoms with Gasteiger partial charge in [-0.25, -0.2) is 4.79 Å². The van der Waals surface area contributed by atoms with E-state index in [1.807, 2.05) is 5.48 Å². The van der Waals surface area contributed by atoms with Crippen molar-refractivity contribution in [3.8, 4) is 0 Å². The molecule has 6 heteroatoms. The van der Waals surface area contributed by atoms with Crippen LogP contribution < -0.4 is 10.8 Å². The summed E-state index contributed by atoms with van der Waals surface area (Å²) < 4.78 is 0. The van der Waals surface area contributed by atoms with Crippen LogP contribution in [0.2, 0.25) is 0 Å². The van der Waals surface area contributed by atoms with Gasteiger partial charge in [-0.3, -0.25) is 4.84 Å². The predicted molar refractivity (Wildman–Crippen MR) is 48.7 cm³/mol. The monoisotopic (exact) mass is 204 g/mol. The molecule has 82 valence electrons. The molecule has 0 aromatic rings. The van der Waals surface area contributed by atoms with Gasteiger partial charge in [0.15, 0.2) is 0 Å². The van der Waals surface area contributed by atoms with Gasteiger partial charge in [0.25, 0.3) is 0 Å². The zero-order chi connectivity index (χ0) is 10.6. The molecule has 1 aliphatic rings. The summed E-state index contributed by atoms with van der Waals surface area (Å²) in [6.45, 7) is 3.22. The van der Waals surface area contributed by atoms with Crippen molar-refractivity contribution < 1.29 is 19.8 Å². The minimum Gasteiger partial charge on any atom is -0.464 e. The Morgan fingerprint density at radius 1 is 1.71 bits per heavy atom. The molecule has 1 rings (SSSR count). The molecule has 4 N–H and O–H groups in total. The lowest BCUT2D eigenvalue weighted by Gasteiger charge is -2.24. The van der Waals surface area contributed by atoms with E-state index in [0.29, 0.717) is 0 Å². The SMILES string of the molecule is CC(O)C(ONC(=O)O)C1CCNC1. The number of amides is 1. The van der Waals surface area contributed by atoms with Crippen LogP contribution in [0.1, 0.15) is 13.3 Å². The Labute approximate surface area is 82.2 Å². The molecule has 1 aliphatic heterocycles. The van der Waals surface area contributed by atoms with Crippen molar-refractivity contribution in [2.24, 2.45) is 5.92 Å². The first kappa shape index (κ1) is 11.2. The molecular weight excluding hydrogens is 188 g/mol. The lowest BCUT2D eigenvalue weighted by molar-refractivity contribution is -0.0955. The lowest BCUT2D eigenvalue weighted by Crippen LogP contribution is -2.41. The van der Waals surface area contributed by atoms with Crippen LogP contribution in [0.15, 0.2) is 0 Å². The Morgan fingerprint density at radius 3 is 2.86 bits per heavy atom. The smallest absolute Gasteiger partial charge is 0.428 e. The van der Waals surface area contributed by atoms with E-state index in [-0.39, 0.29) is 5.92 Å². The summed E-state index contributed by atoms with van der Waals surface area (Å²) in [7, 11) is 0. The van der Waals surface area contributed by atoms with Gasteiger partial charge in [0.1, 0.15) is 6.10 Å². The first-order chi connectivity index (χ1) is 6.61. The van der Waals surface area contributed by atoms with Crippen LogP contribution >= 0.6 is 0 Å². The van der Waals surface area contributed by atoms with E-state index >= 15 is 0 Å². The van der Waals surface area contributed by atoms with Gasteiger partial charge in [0, 0.05) is 12.5 Å². The van der Waals surface area contributed by atoms with Crippen LogP contribution in [-0.2, 0) is 4.84 Å². The highest BCUT2D eigenvalue weighted by atomic mass is 16.7. The van der Waals surface area contributed by atoms with Gasteiger partial charge in [-0.15, -0.1) is 0 Å². The third kappa shape index (κ3) is 3.13. The average molecular weight is 204 g/mol. The fourth-order valence-corrected chi connectivity index (χ4v) is 1.66. The second-order valence-corrected chi connectivity index (χ2v) is 3.48. The molecule has 1 fully saturated rings. The summed E-state index contributed by atoms with van der Waals surface area (Å²) in [6.07, 6.45) is -1.54. The molecule has 0 saturated carbocycles. The van der Waals surface area contributed by atoms with Crippen LogP contribution in [-0.4, -0.2) is 41.6 Å². The Hall–Kier alpha value is -0.850. The summed E-state index contributed by atoms with van der Waals surface area (Å²) in [5, 5.41) is 20.9. The van der Waals surface area contributed by atoms with Crippen LogP contribution in [0.3, 0.4) is 0 Å². The standard InChI is InChI=1S/C8H16N2O4/c1-5(11)7(14-10-8(12)13)6-2-3-9-4-6/h5-7,9-11H,2-4H2,1H3,(H,12,13). The molecule has 14 heavy (non-hydrogen) atoms. The fraction of sp³-hybridized carbons (Fsp3) is 0.875. The second kappa shape index (κ2) is 5.14. The van der Waals surface area contributed by atoms with Gasteiger partial charge in [-0.1, -0.05) is 0 Å². The van der Waals surface area contributed by atoms with Crippen molar-refractivity contribution >= 4 is 6.09 Å². The number of hydroxylamine groups is 1. The van der Waals surface area contributed by atoms with Crippen molar-refractivity contribution in [3.63, 3.8) is 0 Å². The van der Waals surface area contributed by atoms with Crippen molar-refractivity contribution in [1.82, 2.24) is 10.8 Å². The zero-order valence-corrected chi connectivity index (χ0v) is 8.06. The lowest BCUT2D eigenvalue weighted by atomic mass is 9.98. The number of carboxylic acid groups (broad SMARTS) is 1. The summed E-state index contributed by atoms with van der Waals surface area (Å²) in [5.74, 6) is 0.154. The van der Waals surface area contributed by atoms with Gasteiger partial charge < -0.3 is 15.5 Å². The first-order valence-corrected chi connectivity index (χ1v) is 4.64. The minimum absolute atomic E-state index is 0.154. The first-order valence-electron chi connectivity index (χ1n) is 4.64. The van der Waals surface area contributed by atoms with E-state index in [2.05, 4.69) is 5.32 Å². The molecule has 1 saturated heterocycles. The summed E-state index contributed by atoms with van der Waals surface area (Å²) in [4.78, 5) is 15.1. The maximum atomic E-state index is 10.2. The van der Waals surface area contributed by atoms with E-state index in [1.54, 1.807) is 6.92 Å². The van der Waals surface area contributed by atoms with Gasteiger partial charge in [0.2, 0.25) is 0 Å². The third-order valence-electron chi connectivity index (χ3n) is 2.32. The fourth-order valence-electron chi connectivity index (χ4n) is 1.66. The van der Waals surface area contributed by atoms with Crippen LogP contribution in [0.25, 0.3) is 0 Å². The summed E-state index contributed by atoms with van der Waals surface area (Å²) in [5.41, 5.74) is 1.83. The van der Waals surface area contributed by atoms with Gasteiger partial charge in [0.05, 0.1) is 6.10 Å². The molecule has 0 aromatic heterocycles. The highest BCUT2D eigenvalue weighted by Gasteiger charge is 2.30. The molecular formula is C8H16N2O4. The molecule has 3 unspecified atom stereocenters. The van der Waals surface area contributed by atoms with Crippen molar-refractivity contribution in [3.05, 3.63) is 0 Å². The number of carbonyl (C=O) groups is 1. The topological polar surface area (TPSA) is 90.8 Å². The minimum atomic E-state index is -1.25. The van der Waals surface area contributed by atoms with Gasteiger partial charge in [-0.2, -0.15) is 5.48 Å². The van der Waals surface area contributed by atoms with Crippen molar-refractivity contribution in [2.75, 3.05) is 13.1 Å². The highest BCUT2D eigenvalue weighted by molar-refractivity contribution is 5.62. The quantitative estimate of drug-likeness (QED) is 0.465. The van der Waals surface area contributed by atoms with Crippen molar-refractivity contribution in [2.45, 2.75) is 25.6 Å². The van der Waals surface area contributed by atoms with Crippen LogP contribution in [0.4, 0.5) is 4.79 Å². The number of nitrogens with one attached hydrogen (secondary N) is 2. The van der Waals surface area contributed by atoms with Gasteiger partial charge in [-0.05, 0) is 19.9 Å². The molecule has 0 radical (unpaired) electrons. The number of rotatable bonds is 4.